The van der Waals surface area contributed by atoms with Crippen LogP contribution in [0.5, 0.6) is 0 Å². The molecule has 0 spiro atoms. The second-order valence-corrected chi connectivity index (χ2v) is 8.32. The minimum Gasteiger partial charge on any atom is -0.382 e. The van der Waals surface area contributed by atoms with Crippen LogP contribution in [-0.2, 0) is 14.8 Å². The summed E-state index contributed by atoms with van der Waals surface area (Å²) in [6.07, 6.45) is 0.711. The van der Waals surface area contributed by atoms with E-state index in [2.05, 4.69) is 10.0 Å². The second kappa shape index (κ2) is 8.60. The molecule has 0 aromatic heterocycles. The molecule has 136 valence electrons. The van der Waals surface area contributed by atoms with Gasteiger partial charge in [-0.2, -0.15) is 0 Å². The minimum absolute atomic E-state index is 0.0856. The molecule has 0 radical (unpaired) electrons. The Hall–Kier alpha value is -1.44. The van der Waals surface area contributed by atoms with Crippen molar-refractivity contribution in [2.45, 2.75) is 51.5 Å². The van der Waals surface area contributed by atoms with E-state index >= 15 is 0 Å². The van der Waals surface area contributed by atoms with Crippen molar-refractivity contribution in [3.8, 4) is 0 Å². The first-order valence-electron chi connectivity index (χ1n) is 8.07. The number of aryl methyl sites for hydroxylation is 1. The molecule has 0 heterocycles. The van der Waals surface area contributed by atoms with Crippen LogP contribution in [0.1, 0.15) is 50.0 Å². The zero-order valence-corrected chi connectivity index (χ0v) is 15.9. The van der Waals surface area contributed by atoms with Crippen LogP contribution in [0.4, 0.5) is 0 Å². The summed E-state index contributed by atoms with van der Waals surface area (Å²) in [6.45, 7) is 10.7. The molecular formula is C17H28N2O4S. The van der Waals surface area contributed by atoms with Crippen LogP contribution >= 0.6 is 0 Å². The summed E-state index contributed by atoms with van der Waals surface area (Å²) in [5.74, 6) is -0.281. The fraction of sp³-hybridized carbons (Fsp3) is 0.588. The Bertz CT molecular complexity index is 664. The topological polar surface area (TPSA) is 84.5 Å². The van der Waals surface area contributed by atoms with Crippen molar-refractivity contribution < 1.29 is 17.9 Å². The van der Waals surface area contributed by atoms with Gasteiger partial charge < -0.3 is 10.1 Å². The number of rotatable bonds is 8. The zero-order chi connectivity index (χ0) is 18.4. The molecule has 0 unspecified atom stereocenters. The monoisotopic (exact) mass is 356 g/mol. The molecule has 0 aliphatic heterocycles. The number of hydrogen-bond acceptors (Lipinski definition) is 4. The minimum atomic E-state index is -3.67. The Labute approximate surface area is 145 Å². The normalized spacial score (nSPS) is 12.2. The van der Waals surface area contributed by atoms with Crippen molar-refractivity contribution >= 4 is 15.9 Å². The van der Waals surface area contributed by atoms with Gasteiger partial charge in [-0.1, -0.05) is 6.07 Å². The molecule has 0 atom stereocenters. The summed E-state index contributed by atoms with van der Waals surface area (Å²) in [6, 6.07) is 4.57. The van der Waals surface area contributed by atoms with Crippen LogP contribution in [0.3, 0.4) is 0 Å². The van der Waals surface area contributed by atoms with Crippen LogP contribution in [0.15, 0.2) is 23.1 Å². The Morgan fingerprint density at radius 3 is 2.50 bits per heavy atom. The molecule has 6 nitrogen and oxygen atoms in total. The van der Waals surface area contributed by atoms with E-state index in [1.54, 1.807) is 33.8 Å². The van der Waals surface area contributed by atoms with E-state index in [0.717, 1.165) is 5.56 Å². The smallest absolute Gasteiger partial charge is 0.251 e. The molecule has 0 bridgehead atoms. The Kier molecular flexibility index (Phi) is 7.38. The third-order valence-electron chi connectivity index (χ3n) is 3.16. The third-order valence-corrected chi connectivity index (χ3v) is 4.92. The fourth-order valence-corrected chi connectivity index (χ4v) is 3.53. The number of ether oxygens (including phenoxy) is 1. The van der Waals surface area contributed by atoms with Crippen LogP contribution < -0.4 is 10.0 Å². The first kappa shape index (κ1) is 20.6. The standard InChI is InChI=1S/C17H28N2O4S/c1-6-23-11-7-10-18-16(20)15-12-14(9-8-13(15)2)24(21,22)19-17(3,4)5/h8-9,12,19H,6-7,10-11H2,1-5H3,(H,18,20). The molecule has 1 aromatic rings. The second-order valence-electron chi connectivity index (χ2n) is 6.64. The number of carbonyl (C=O) groups excluding carboxylic acids is 1. The lowest BCUT2D eigenvalue weighted by atomic mass is 10.1. The van der Waals surface area contributed by atoms with Crippen molar-refractivity contribution in [2.75, 3.05) is 19.8 Å². The first-order chi connectivity index (χ1) is 11.1. The molecule has 0 saturated heterocycles. The predicted octanol–water partition coefficient (Wildman–Crippen LogP) is 2.23. The van der Waals surface area contributed by atoms with E-state index in [0.29, 0.717) is 31.7 Å². The summed E-state index contributed by atoms with van der Waals surface area (Å²) in [7, 11) is -3.67. The largest absolute Gasteiger partial charge is 0.382 e. The summed E-state index contributed by atoms with van der Waals surface area (Å²) < 4.78 is 32.6. The molecule has 1 rings (SSSR count). The van der Waals surface area contributed by atoms with Crippen molar-refractivity contribution in [3.05, 3.63) is 29.3 Å². The lowest BCUT2D eigenvalue weighted by Crippen LogP contribution is -2.40. The van der Waals surface area contributed by atoms with E-state index in [1.807, 2.05) is 6.92 Å². The van der Waals surface area contributed by atoms with Crippen molar-refractivity contribution in [3.63, 3.8) is 0 Å². The van der Waals surface area contributed by atoms with E-state index in [1.165, 1.54) is 12.1 Å². The van der Waals surface area contributed by atoms with Gasteiger partial charge in [0, 0.05) is 30.9 Å². The van der Waals surface area contributed by atoms with Gasteiger partial charge in [-0.25, -0.2) is 13.1 Å². The van der Waals surface area contributed by atoms with E-state index in [-0.39, 0.29) is 10.8 Å². The van der Waals surface area contributed by atoms with E-state index in [9.17, 15) is 13.2 Å². The van der Waals surface area contributed by atoms with Gasteiger partial charge in [-0.05, 0) is 58.7 Å². The van der Waals surface area contributed by atoms with Gasteiger partial charge in [0.1, 0.15) is 0 Å². The van der Waals surface area contributed by atoms with Gasteiger partial charge in [0.05, 0.1) is 4.90 Å². The van der Waals surface area contributed by atoms with Crippen molar-refractivity contribution in [1.82, 2.24) is 10.0 Å². The summed E-state index contributed by atoms with van der Waals surface area (Å²) in [5, 5.41) is 2.79. The zero-order valence-electron chi connectivity index (χ0n) is 15.1. The molecular weight excluding hydrogens is 328 g/mol. The van der Waals surface area contributed by atoms with Crippen LogP contribution in [0.2, 0.25) is 0 Å². The molecule has 0 saturated carbocycles. The lowest BCUT2D eigenvalue weighted by Gasteiger charge is -2.20. The molecule has 1 amide bonds. The maximum absolute atomic E-state index is 12.4. The highest BCUT2D eigenvalue weighted by molar-refractivity contribution is 7.89. The molecule has 0 aliphatic carbocycles. The highest BCUT2D eigenvalue weighted by Crippen LogP contribution is 2.17. The van der Waals surface area contributed by atoms with Crippen molar-refractivity contribution in [1.29, 1.82) is 0 Å². The van der Waals surface area contributed by atoms with Gasteiger partial charge in [0.15, 0.2) is 0 Å². The maximum Gasteiger partial charge on any atom is 0.251 e. The molecule has 24 heavy (non-hydrogen) atoms. The molecule has 0 aliphatic rings. The molecule has 1 aromatic carbocycles. The Morgan fingerprint density at radius 1 is 1.25 bits per heavy atom. The van der Waals surface area contributed by atoms with Gasteiger partial charge in [0.25, 0.3) is 5.91 Å². The van der Waals surface area contributed by atoms with E-state index in [4.69, 9.17) is 4.74 Å². The van der Waals surface area contributed by atoms with Crippen LogP contribution in [0.25, 0.3) is 0 Å². The molecule has 7 heteroatoms. The Morgan fingerprint density at radius 2 is 1.92 bits per heavy atom. The Balaban J connectivity index is 2.88. The maximum atomic E-state index is 12.4. The number of hydrogen-bond donors (Lipinski definition) is 2. The van der Waals surface area contributed by atoms with Crippen LogP contribution in [0, 0.1) is 6.92 Å². The predicted molar refractivity (Wildman–Crippen MR) is 94.7 cm³/mol. The highest BCUT2D eigenvalue weighted by Gasteiger charge is 2.23. The number of carbonyl (C=O) groups is 1. The lowest BCUT2D eigenvalue weighted by molar-refractivity contribution is 0.0943. The summed E-state index contributed by atoms with van der Waals surface area (Å²) >= 11 is 0. The average molecular weight is 356 g/mol. The molecule has 0 fully saturated rings. The molecule has 2 N–H and O–H groups in total. The van der Waals surface area contributed by atoms with E-state index < -0.39 is 15.6 Å². The van der Waals surface area contributed by atoms with Gasteiger partial charge in [0.2, 0.25) is 10.0 Å². The highest BCUT2D eigenvalue weighted by atomic mass is 32.2. The van der Waals surface area contributed by atoms with Gasteiger partial charge in [-0.15, -0.1) is 0 Å². The number of nitrogens with one attached hydrogen (secondary N) is 2. The number of benzene rings is 1. The third kappa shape index (κ3) is 6.59. The quantitative estimate of drug-likeness (QED) is 0.700. The number of amides is 1. The summed E-state index contributed by atoms with van der Waals surface area (Å²) in [4.78, 5) is 12.4. The first-order valence-corrected chi connectivity index (χ1v) is 9.55. The van der Waals surface area contributed by atoms with Gasteiger partial charge >= 0.3 is 0 Å². The number of sulfonamides is 1. The van der Waals surface area contributed by atoms with Crippen molar-refractivity contribution in [2.24, 2.45) is 0 Å². The van der Waals surface area contributed by atoms with Gasteiger partial charge in [-0.3, -0.25) is 4.79 Å². The van der Waals surface area contributed by atoms with Crippen LogP contribution in [-0.4, -0.2) is 39.6 Å². The summed E-state index contributed by atoms with van der Waals surface area (Å²) in [5.41, 5.74) is 0.501. The fourth-order valence-electron chi connectivity index (χ4n) is 2.09. The average Bonchev–Trinajstić information content (AvgIpc) is 2.44. The SMILES string of the molecule is CCOCCCNC(=O)c1cc(S(=O)(=O)NC(C)(C)C)ccc1C.